The molecule has 0 aliphatic heterocycles. The second-order valence-electron chi connectivity index (χ2n) is 2.95. The number of nitrogens with zero attached hydrogens (tertiary/aromatic N) is 1. The lowest BCUT2D eigenvalue weighted by atomic mass is 10.2. The molecule has 0 atom stereocenters. The van der Waals surface area contributed by atoms with Gasteiger partial charge in [0.1, 0.15) is 5.82 Å². The molecule has 1 aromatic carbocycles. The zero-order chi connectivity index (χ0) is 9.80. The maximum atomic E-state index is 3.85. The highest BCUT2D eigenvalue weighted by Gasteiger charge is 1.94. The van der Waals surface area contributed by atoms with Crippen LogP contribution in [0.3, 0.4) is 0 Å². The Morgan fingerprint density at radius 1 is 1.21 bits per heavy atom. The maximum absolute atomic E-state index is 3.85. The first kappa shape index (κ1) is 9.27. The molecule has 2 N–H and O–H groups in total. The van der Waals surface area contributed by atoms with E-state index in [2.05, 4.69) is 43.6 Å². The Labute approximate surface area is 90.7 Å². The third kappa shape index (κ3) is 2.35. The summed E-state index contributed by atoms with van der Waals surface area (Å²) in [7, 11) is 0. The summed E-state index contributed by atoms with van der Waals surface area (Å²) >= 11 is 3.40. The smallest absolute Gasteiger partial charge is 0.121 e. The van der Waals surface area contributed by atoms with Gasteiger partial charge in [0.25, 0.3) is 0 Å². The molecule has 0 saturated carbocycles. The Kier molecular flexibility index (Phi) is 2.84. The quantitative estimate of drug-likeness (QED) is 0.881. The van der Waals surface area contributed by atoms with Crippen molar-refractivity contribution in [2.24, 2.45) is 0 Å². The van der Waals surface area contributed by atoms with Crippen molar-refractivity contribution in [1.82, 2.24) is 10.2 Å². The fourth-order valence-corrected chi connectivity index (χ4v) is 1.42. The average Bonchev–Trinajstić information content (AvgIpc) is 2.70. The second-order valence-corrected chi connectivity index (χ2v) is 3.87. The monoisotopic (exact) mass is 251 g/mol. The van der Waals surface area contributed by atoms with Gasteiger partial charge < -0.3 is 5.32 Å². The molecule has 2 aromatic rings. The number of H-pyrrole nitrogens is 1. The van der Waals surface area contributed by atoms with E-state index in [1.54, 1.807) is 6.20 Å². The molecular formula is C10H10BrN3. The fraction of sp³-hybridized carbons (Fsp3) is 0.100. The van der Waals surface area contributed by atoms with E-state index in [0.717, 1.165) is 16.8 Å². The first-order valence-electron chi connectivity index (χ1n) is 4.32. The van der Waals surface area contributed by atoms with Crippen LogP contribution >= 0.6 is 15.9 Å². The Hall–Kier alpha value is -1.29. The Bertz CT molecular complexity index is 380. The van der Waals surface area contributed by atoms with Gasteiger partial charge in [-0.05, 0) is 23.8 Å². The van der Waals surface area contributed by atoms with Crippen molar-refractivity contribution in [1.29, 1.82) is 0 Å². The lowest BCUT2D eigenvalue weighted by molar-refractivity contribution is 1.05. The van der Waals surface area contributed by atoms with Gasteiger partial charge in [-0.15, -0.1) is 0 Å². The number of benzene rings is 1. The van der Waals surface area contributed by atoms with Crippen LogP contribution in [0.2, 0.25) is 0 Å². The van der Waals surface area contributed by atoms with Crippen LogP contribution in [-0.2, 0) is 6.54 Å². The minimum Gasteiger partial charge on any atom is -0.366 e. The number of anilines is 1. The van der Waals surface area contributed by atoms with E-state index in [9.17, 15) is 0 Å². The normalized spacial score (nSPS) is 10.1. The number of nitrogens with one attached hydrogen (secondary N) is 2. The molecule has 1 aromatic heterocycles. The number of hydrogen-bond acceptors (Lipinski definition) is 2. The van der Waals surface area contributed by atoms with Crippen LogP contribution in [0, 0.1) is 0 Å². The topological polar surface area (TPSA) is 40.7 Å². The van der Waals surface area contributed by atoms with Gasteiger partial charge in [0.15, 0.2) is 0 Å². The summed E-state index contributed by atoms with van der Waals surface area (Å²) in [5.74, 6) is 0.938. The molecule has 1 heterocycles. The minimum atomic E-state index is 0.801. The highest BCUT2D eigenvalue weighted by atomic mass is 79.9. The van der Waals surface area contributed by atoms with Crippen molar-refractivity contribution in [3.05, 3.63) is 46.6 Å². The summed E-state index contributed by atoms with van der Waals surface area (Å²) in [4.78, 5) is 0. The molecule has 0 aliphatic rings. The fourth-order valence-electron chi connectivity index (χ4n) is 1.15. The minimum absolute atomic E-state index is 0.801. The van der Waals surface area contributed by atoms with E-state index in [1.165, 1.54) is 5.56 Å². The van der Waals surface area contributed by atoms with Crippen molar-refractivity contribution in [2.45, 2.75) is 6.54 Å². The van der Waals surface area contributed by atoms with Gasteiger partial charge in [0, 0.05) is 11.0 Å². The largest absolute Gasteiger partial charge is 0.366 e. The van der Waals surface area contributed by atoms with Gasteiger partial charge in [0.05, 0.1) is 6.20 Å². The summed E-state index contributed by atoms with van der Waals surface area (Å²) in [6.07, 6.45) is 1.73. The summed E-state index contributed by atoms with van der Waals surface area (Å²) in [6.45, 7) is 0.801. The molecule has 0 fully saturated rings. The number of rotatable bonds is 3. The van der Waals surface area contributed by atoms with Crippen LogP contribution in [-0.4, -0.2) is 10.2 Å². The highest BCUT2D eigenvalue weighted by Crippen LogP contribution is 2.11. The van der Waals surface area contributed by atoms with Crippen LogP contribution < -0.4 is 5.32 Å². The third-order valence-electron chi connectivity index (χ3n) is 1.90. The van der Waals surface area contributed by atoms with Gasteiger partial charge >= 0.3 is 0 Å². The Morgan fingerprint density at radius 2 is 2.00 bits per heavy atom. The molecule has 0 spiro atoms. The van der Waals surface area contributed by atoms with Gasteiger partial charge in [-0.3, -0.25) is 5.10 Å². The van der Waals surface area contributed by atoms with Gasteiger partial charge in [0.2, 0.25) is 0 Å². The van der Waals surface area contributed by atoms with E-state index in [-0.39, 0.29) is 0 Å². The molecule has 72 valence electrons. The van der Waals surface area contributed by atoms with Gasteiger partial charge in [-0.25, -0.2) is 0 Å². The first-order chi connectivity index (χ1) is 6.84. The number of aromatic amines is 1. The van der Waals surface area contributed by atoms with Crippen molar-refractivity contribution < 1.29 is 0 Å². The molecule has 4 heteroatoms. The standard InChI is InChI=1S/C10H10BrN3/c11-9-3-1-8(2-4-9)7-12-10-5-6-13-14-10/h1-6H,7H2,(H2,12,13,14). The second kappa shape index (κ2) is 4.28. The predicted octanol–water partition coefficient (Wildman–Crippen LogP) is 2.78. The maximum Gasteiger partial charge on any atom is 0.121 e. The Balaban J connectivity index is 1.95. The lowest BCUT2D eigenvalue weighted by Gasteiger charge is -2.03. The Morgan fingerprint density at radius 3 is 2.64 bits per heavy atom. The molecule has 0 aliphatic carbocycles. The summed E-state index contributed by atoms with van der Waals surface area (Å²) < 4.78 is 1.10. The van der Waals surface area contributed by atoms with Crippen LogP contribution in [0.5, 0.6) is 0 Å². The van der Waals surface area contributed by atoms with E-state index in [0.29, 0.717) is 0 Å². The molecule has 3 nitrogen and oxygen atoms in total. The van der Waals surface area contributed by atoms with Crippen molar-refractivity contribution >= 4 is 21.7 Å². The number of aromatic nitrogens is 2. The zero-order valence-electron chi connectivity index (χ0n) is 7.50. The zero-order valence-corrected chi connectivity index (χ0v) is 9.08. The van der Waals surface area contributed by atoms with Gasteiger partial charge in [-0.2, -0.15) is 5.10 Å². The summed E-state index contributed by atoms with van der Waals surface area (Å²) in [5, 5.41) is 9.93. The third-order valence-corrected chi connectivity index (χ3v) is 2.43. The van der Waals surface area contributed by atoms with Crippen LogP contribution in [0.4, 0.5) is 5.82 Å². The molecule has 14 heavy (non-hydrogen) atoms. The van der Waals surface area contributed by atoms with E-state index in [1.807, 2.05) is 18.2 Å². The highest BCUT2D eigenvalue weighted by molar-refractivity contribution is 9.10. The molecule has 0 bridgehead atoms. The van der Waals surface area contributed by atoms with E-state index >= 15 is 0 Å². The van der Waals surface area contributed by atoms with E-state index < -0.39 is 0 Å². The molecule has 0 amide bonds. The predicted molar refractivity (Wildman–Crippen MR) is 60.1 cm³/mol. The molecule has 2 rings (SSSR count). The molecule has 0 saturated heterocycles. The van der Waals surface area contributed by atoms with Gasteiger partial charge in [-0.1, -0.05) is 28.1 Å². The lowest BCUT2D eigenvalue weighted by Crippen LogP contribution is -1.99. The van der Waals surface area contributed by atoms with Crippen LogP contribution in [0.1, 0.15) is 5.56 Å². The molecule has 0 unspecified atom stereocenters. The average molecular weight is 252 g/mol. The van der Waals surface area contributed by atoms with Crippen molar-refractivity contribution in [2.75, 3.05) is 5.32 Å². The molecular weight excluding hydrogens is 242 g/mol. The summed E-state index contributed by atoms with van der Waals surface area (Å²) in [6, 6.07) is 10.1. The van der Waals surface area contributed by atoms with E-state index in [4.69, 9.17) is 0 Å². The van der Waals surface area contributed by atoms with Crippen molar-refractivity contribution in [3.63, 3.8) is 0 Å². The van der Waals surface area contributed by atoms with Crippen LogP contribution in [0.15, 0.2) is 41.0 Å². The molecule has 0 radical (unpaired) electrons. The van der Waals surface area contributed by atoms with Crippen LogP contribution in [0.25, 0.3) is 0 Å². The number of halogens is 1. The van der Waals surface area contributed by atoms with Crippen molar-refractivity contribution in [3.8, 4) is 0 Å². The number of hydrogen-bond donors (Lipinski definition) is 2. The SMILES string of the molecule is Brc1ccc(CNc2ccn[nH]2)cc1. The first-order valence-corrected chi connectivity index (χ1v) is 5.11. The summed E-state index contributed by atoms with van der Waals surface area (Å²) in [5.41, 5.74) is 1.24.